The molecule has 1 saturated carbocycles. The van der Waals surface area contributed by atoms with Gasteiger partial charge in [0, 0.05) is 18.7 Å². The zero-order chi connectivity index (χ0) is 15.9. The van der Waals surface area contributed by atoms with Crippen LogP contribution in [-0.2, 0) is 10.0 Å². The number of fused-ring (bicyclic) bond motifs is 1. The van der Waals surface area contributed by atoms with Crippen molar-refractivity contribution in [3.63, 3.8) is 0 Å². The van der Waals surface area contributed by atoms with Crippen molar-refractivity contribution < 1.29 is 13.2 Å². The first kappa shape index (κ1) is 15.5. The molecule has 120 valence electrons. The Morgan fingerprint density at radius 3 is 2.27 bits per heavy atom. The molecule has 1 aromatic carbocycles. The summed E-state index contributed by atoms with van der Waals surface area (Å²) < 4.78 is 23.9. The third kappa shape index (κ3) is 2.90. The largest absolute Gasteiger partial charge is 0.370 e. The summed E-state index contributed by atoms with van der Waals surface area (Å²) >= 11 is 0. The molecule has 0 bridgehead atoms. The summed E-state index contributed by atoms with van der Waals surface area (Å²) in [5.74, 6) is 1.13. The van der Waals surface area contributed by atoms with E-state index in [1.54, 1.807) is 12.1 Å². The minimum Gasteiger partial charge on any atom is -0.370 e. The molecule has 0 radical (unpaired) electrons. The highest BCUT2D eigenvalue weighted by molar-refractivity contribution is 7.89. The Bertz CT molecular complexity index is 685. The van der Waals surface area contributed by atoms with Crippen molar-refractivity contribution in [2.24, 2.45) is 17.0 Å². The predicted molar refractivity (Wildman–Crippen MR) is 85.5 cm³/mol. The van der Waals surface area contributed by atoms with E-state index >= 15 is 0 Å². The molecule has 1 saturated heterocycles. The molecule has 0 amide bonds. The summed E-state index contributed by atoms with van der Waals surface area (Å²) in [6.45, 7) is 3.19. The molecule has 2 fully saturated rings. The molecule has 1 aliphatic carbocycles. The van der Waals surface area contributed by atoms with Gasteiger partial charge in [-0.15, -0.1) is 0 Å². The molecule has 22 heavy (non-hydrogen) atoms. The SMILES string of the molecule is CC(=O)c1ccc(N2CC3CCCCC3C2)c(S(N)(=O)=O)c1. The average Bonchev–Trinajstić information content (AvgIpc) is 2.89. The number of primary sulfonamides is 1. The highest BCUT2D eigenvalue weighted by atomic mass is 32.2. The van der Waals surface area contributed by atoms with Crippen molar-refractivity contribution in [2.45, 2.75) is 37.5 Å². The van der Waals surface area contributed by atoms with Gasteiger partial charge in [-0.3, -0.25) is 4.79 Å². The lowest BCUT2D eigenvalue weighted by Gasteiger charge is -2.22. The lowest BCUT2D eigenvalue weighted by Crippen LogP contribution is -2.24. The van der Waals surface area contributed by atoms with E-state index in [1.165, 1.54) is 38.7 Å². The number of carbonyl (C=O) groups excluding carboxylic acids is 1. The maximum Gasteiger partial charge on any atom is 0.240 e. The van der Waals surface area contributed by atoms with E-state index in [9.17, 15) is 13.2 Å². The van der Waals surface area contributed by atoms with E-state index in [0.29, 0.717) is 23.1 Å². The van der Waals surface area contributed by atoms with Crippen LogP contribution in [-0.4, -0.2) is 27.3 Å². The second kappa shape index (κ2) is 5.66. The number of nitrogens with zero attached hydrogens (tertiary/aromatic N) is 1. The van der Waals surface area contributed by atoms with Crippen LogP contribution >= 0.6 is 0 Å². The van der Waals surface area contributed by atoms with Crippen LogP contribution in [0, 0.1) is 11.8 Å². The number of rotatable bonds is 3. The van der Waals surface area contributed by atoms with Gasteiger partial charge in [-0.1, -0.05) is 12.8 Å². The van der Waals surface area contributed by atoms with Gasteiger partial charge in [-0.25, -0.2) is 13.6 Å². The monoisotopic (exact) mass is 322 g/mol. The average molecular weight is 322 g/mol. The lowest BCUT2D eigenvalue weighted by molar-refractivity contribution is 0.101. The van der Waals surface area contributed by atoms with E-state index in [4.69, 9.17) is 5.14 Å². The number of nitrogens with two attached hydrogens (primary N) is 1. The van der Waals surface area contributed by atoms with Crippen LogP contribution in [0.3, 0.4) is 0 Å². The number of benzene rings is 1. The van der Waals surface area contributed by atoms with Crippen molar-refractivity contribution in [3.8, 4) is 0 Å². The zero-order valence-electron chi connectivity index (χ0n) is 12.8. The van der Waals surface area contributed by atoms with Crippen LogP contribution in [0.4, 0.5) is 5.69 Å². The molecule has 5 nitrogen and oxygen atoms in total. The van der Waals surface area contributed by atoms with Crippen LogP contribution < -0.4 is 10.0 Å². The first-order valence-corrected chi connectivity index (χ1v) is 9.33. The maximum atomic E-state index is 11.9. The molecule has 2 aliphatic rings. The van der Waals surface area contributed by atoms with Crippen molar-refractivity contribution in [3.05, 3.63) is 23.8 Å². The summed E-state index contributed by atoms with van der Waals surface area (Å²) in [5, 5.41) is 5.38. The van der Waals surface area contributed by atoms with Crippen LogP contribution in [0.2, 0.25) is 0 Å². The number of sulfonamides is 1. The minimum absolute atomic E-state index is 0.0684. The topological polar surface area (TPSA) is 80.5 Å². The van der Waals surface area contributed by atoms with Crippen LogP contribution in [0.15, 0.2) is 23.1 Å². The number of carbonyl (C=O) groups is 1. The molecule has 1 heterocycles. The zero-order valence-corrected chi connectivity index (χ0v) is 13.6. The normalized spacial score (nSPS) is 25.1. The summed E-state index contributed by atoms with van der Waals surface area (Å²) in [6, 6.07) is 4.83. The second-order valence-corrected chi connectivity index (χ2v) is 8.02. The molecule has 0 aromatic heterocycles. The van der Waals surface area contributed by atoms with Crippen molar-refractivity contribution >= 4 is 21.5 Å². The Kier molecular flexibility index (Phi) is 3.99. The fourth-order valence-electron chi connectivity index (χ4n) is 3.82. The van der Waals surface area contributed by atoms with Crippen LogP contribution in [0.5, 0.6) is 0 Å². The first-order chi connectivity index (χ1) is 10.4. The Labute approximate surface area is 131 Å². The fourth-order valence-corrected chi connectivity index (χ4v) is 4.60. The summed E-state index contributed by atoms with van der Waals surface area (Å²) in [5.41, 5.74) is 1.02. The van der Waals surface area contributed by atoms with Gasteiger partial charge in [-0.2, -0.15) is 0 Å². The highest BCUT2D eigenvalue weighted by Crippen LogP contribution is 2.39. The number of hydrogen-bond acceptors (Lipinski definition) is 4. The van der Waals surface area contributed by atoms with E-state index in [1.807, 2.05) is 0 Å². The fraction of sp³-hybridized carbons (Fsp3) is 0.562. The van der Waals surface area contributed by atoms with E-state index in [0.717, 1.165) is 13.1 Å². The van der Waals surface area contributed by atoms with Gasteiger partial charge in [0.2, 0.25) is 10.0 Å². The Balaban J connectivity index is 1.98. The van der Waals surface area contributed by atoms with Gasteiger partial charge in [-0.05, 0) is 49.8 Å². The predicted octanol–water partition coefficient (Wildman–Crippen LogP) is 2.16. The summed E-state index contributed by atoms with van der Waals surface area (Å²) in [4.78, 5) is 13.7. The molecule has 2 unspecified atom stereocenters. The molecular weight excluding hydrogens is 300 g/mol. The molecule has 1 aliphatic heterocycles. The van der Waals surface area contributed by atoms with E-state index < -0.39 is 10.0 Å². The van der Waals surface area contributed by atoms with Gasteiger partial charge in [0.25, 0.3) is 0 Å². The number of ketones is 1. The van der Waals surface area contributed by atoms with E-state index in [-0.39, 0.29) is 10.7 Å². The van der Waals surface area contributed by atoms with Crippen molar-refractivity contribution in [1.29, 1.82) is 0 Å². The number of hydrogen-bond donors (Lipinski definition) is 1. The molecular formula is C16H22N2O3S. The van der Waals surface area contributed by atoms with E-state index in [2.05, 4.69) is 4.90 Å². The standard InChI is InChI=1S/C16H22N2O3S/c1-11(19)12-6-7-15(16(8-12)22(17,20)21)18-9-13-4-2-3-5-14(13)10-18/h6-8,13-14H,2-5,9-10H2,1H3,(H2,17,20,21). The minimum atomic E-state index is -3.85. The molecule has 2 atom stereocenters. The number of Topliss-reactive ketones (excluding diaryl/α,β-unsaturated/α-hetero) is 1. The quantitative estimate of drug-likeness (QED) is 0.865. The lowest BCUT2D eigenvalue weighted by atomic mass is 9.82. The van der Waals surface area contributed by atoms with Gasteiger partial charge < -0.3 is 4.90 Å². The third-order valence-electron chi connectivity index (χ3n) is 4.99. The Morgan fingerprint density at radius 1 is 1.18 bits per heavy atom. The number of anilines is 1. The van der Waals surface area contributed by atoms with Crippen molar-refractivity contribution in [1.82, 2.24) is 0 Å². The third-order valence-corrected chi connectivity index (χ3v) is 5.93. The van der Waals surface area contributed by atoms with Gasteiger partial charge in [0.15, 0.2) is 5.78 Å². The van der Waals surface area contributed by atoms with Gasteiger partial charge >= 0.3 is 0 Å². The van der Waals surface area contributed by atoms with Gasteiger partial charge in [0.1, 0.15) is 4.90 Å². The smallest absolute Gasteiger partial charge is 0.240 e. The highest BCUT2D eigenvalue weighted by Gasteiger charge is 2.36. The molecule has 2 N–H and O–H groups in total. The molecule has 3 rings (SSSR count). The molecule has 1 aromatic rings. The van der Waals surface area contributed by atoms with Crippen LogP contribution in [0.1, 0.15) is 43.0 Å². The maximum absolute atomic E-state index is 11.9. The van der Waals surface area contributed by atoms with Crippen molar-refractivity contribution in [2.75, 3.05) is 18.0 Å². The van der Waals surface area contributed by atoms with Gasteiger partial charge in [0.05, 0.1) is 5.69 Å². The summed E-state index contributed by atoms with van der Waals surface area (Å²) in [6.07, 6.45) is 4.97. The Morgan fingerprint density at radius 2 is 1.77 bits per heavy atom. The second-order valence-electron chi connectivity index (χ2n) is 6.49. The molecule has 6 heteroatoms. The van der Waals surface area contributed by atoms with Crippen LogP contribution in [0.25, 0.3) is 0 Å². The molecule has 0 spiro atoms. The summed E-state index contributed by atoms with van der Waals surface area (Å²) in [7, 11) is -3.85. The Hall–Kier alpha value is -1.40. The first-order valence-electron chi connectivity index (χ1n) is 7.79.